The van der Waals surface area contributed by atoms with E-state index in [1.54, 1.807) is 6.08 Å². The fourth-order valence-corrected chi connectivity index (χ4v) is 2.76. The van der Waals surface area contributed by atoms with Gasteiger partial charge in [-0.1, -0.05) is 43.5 Å². The standard InChI is InChI=1S/C18H19NS/c1-3-14(2)16-6-4-15(5-7-16)12-13-20-18-10-8-17(19)9-11-18/h3-11H,1-2,12-13,19H2. The van der Waals surface area contributed by atoms with Crippen molar-refractivity contribution in [3.05, 3.63) is 78.9 Å². The molecule has 2 N–H and O–H groups in total. The van der Waals surface area contributed by atoms with E-state index >= 15 is 0 Å². The van der Waals surface area contributed by atoms with E-state index in [2.05, 4.69) is 49.6 Å². The number of hydrogen-bond acceptors (Lipinski definition) is 2. The van der Waals surface area contributed by atoms with E-state index < -0.39 is 0 Å². The average Bonchev–Trinajstić information content (AvgIpc) is 2.49. The van der Waals surface area contributed by atoms with Crippen molar-refractivity contribution in [3.8, 4) is 0 Å². The van der Waals surface area contributed by atoms with Gasteiger partial charge in [0, 0.05) is 16.3 Å². The van der Waals surface area contributed by atoms with Gasteiger partial charge < -0.3 is 5.73 Å². The first-order valence-corrected chi connectivity index (χ1v) is 7.56. The SMILES string of the molecule is C=CC(=C)c1ccc(CCSc2ccc(N)cc2)cc1. The van der Waals surface area contributed by atoms with Crippen LogP contribution >= 0.6 is 11.8 Å². The Labute approximate surface area is 125 Å². The first-order chi connectivity index (χ1) is 9.69. The molecule has 0 unspecified atom stereocenters. The highest BCUT2D eigenvalue weighted by molar-refractivity contribution is 7.99. The normalized spacial score (nSPS) is 10.2. The fourth-order valence-electron chi connectivity index (χ4n) is 1.85. The summed E-state index contributed by atoms with van der Waals surface area (Å²) in [6, 6.07) is 16.5. The molecule has 20 heavy (non-hydrogen) atoms. The number of nitrogens with two attached hydrogens (primary N) is 1. The van der Waals surface area contributed by atoms with Crippen LogP contribution < -0.4 is 5.73 Å². The van der Waals surface area contributed by atoms with Gasteiger partial charge in [0.05, 0.1) is 0 Å². The predicted octanol–water partition coefficient (Wildman–Crippen LogP) is 4.80. The van der Waals surface area contributed by atoms with Gasteiger partial charge >= 0.3 is 0 Å². The second kappa shape index (κ2) is 7.01. The number of nitrogen functional groups attached to an aromatic ring is 1. The summed E-state index contributed by atoms with van der Waals surface area (Å²) in [5, 5.41) is 0. The lowest BCUT2D eigenvalue weighted by molar-refractivity contribution is 1.15. The Morgan fingerprint density at radius 2 is 1.70 bits per heavy atom. The van der Waals surface area contributed by atoms with Crippen LogP contribution in [0.25, 0.3) is 5.57 Å². The summed E-state index contributed by atoms with van der Waals surface area (Å²) in [5.41, 5.74) is 9.93. The van der Waals surface area contributed by atoms with Gasteiger partial charge in [-0.25, -0.2) is 0 Å². The molecule has 0 heterocycles. The average molecular weight is 281 g/mol. The highest BCUT2D eigenvalue weighted by Crippen LogP contribution is 2.21. The van der Waals surface area contributed by atoms with Crippen molar-refractivity contribution < 1.29 is 0 Å². The zero-order valence-corrected chi connectivity index (χ0v) is 12.3. The Morgan fingerprint density at radius 3 is 2.30 bits per heavy atom. The number of benzene rings is 2. The summed E-state index contributed by atoms with van der Waals surface area (Å²) in [6.07, 6.45) is 2.84. The summed E-state index contributed by atoms with van der Waals surface area (Å²) in [5.74, 6) is 1.06. The Morgan fingerprint density at radius 1 is 1.05 bits per heavy atom. The summed E-state index contributed by atoms with van der Waals surface area (Å²) >= 11 is 1.85. The molecular weight excluding hydrogens is 262 g/mol. The Balaban J connectivity index is 1.86. The summed E-state index contributed by atoms with van der Waals surface area (Å²) in [7, 11) is 0. The third-order valence-electron chi connectivity index (χ3n) is 3.11. The van der Waals surface area contributed by atoms with Gasteiger partial charge in [0.1, 0.15) is 0 Å². The van der Waals surface area contributed by atoms with Crippen LogP contribution in [-0.4, -0.2) is 5.75 Å². The summed E-state index contributed by atoms with van der Waals surface area (Å²) < 4.78 is 0. The number of allylic oxidation sites excluding steroid dienone is 2. The van der Waals surface area contributed by atoms with Crippen LogP contribution in [0.1, 0.15) is 11.1 Å². The zero-order valence-electron chi connectivity index (χ0n) is 11.5. The number of aryl methyl sites for hydroxylation is 1. The number of rotatable bonds is 6. The van der Waals surface area contributed by atoms with Crippen LogP contribution in [0.3, 0.4) is 0 Å². The molecule has 2 aromatic carbocycles. The minimum Gasteiger partial charge on any atom is -0.399 e. The van der Waals surface area contributed by atoms with Gasteiger partial charge in [0.2, 0.25) is 0 Å². The van der Waals surface area contributed by atoms with E-state index in [0.29, 0.717) is 0 Å². The molecule has 2 rings (SSSR count). The van der Waals surface area contributed by atoms with Gasteiger partial charge in [-0.05, 0) is 47.4 Å². The molecule has 0 aromatic heterocycles. The lowest BCUT2D eigenvalue weighted by Crippen LogP contribution is -1.90. The molecule has 0 fully saturated rings. The second-order valence-electron chi connectivity index (χ2n) is 4.59. The monoisotopic (exact) mass is 281 g/mol. The lowest BCUT2D eigenvalue weighted by atomic mass is 10.0. The third-order valence-corrected chi connectivity index (χ3v) is 4.12. The van der Waals surface area contributed by atoms with Gasteiger partial charge in [0.25, 0.3) is 0 Å². The number of hydrogen-bond donors (Lipinski definition) is 1. The van der Waals surface area contributed by atoms with Crippen molar-refractivity contribution in [1.82, 2.24) is 0 Å². The van der Waals surface area contributed by atoms with E-state index in [1.165, 1.54) is 10.5 Å². The minimum absolute atomic E-state index is 0.812. The van der Waals surface area contributed by atoms with Crippen molar-refractivity contribution >= 4 is 23.0 Å². The highest BCUT2D eigenvalue weighted by atomic mass is 32.2. The van der Waals surface area contributed by atoms with Gasteiger partial charge in [-0.15, -0.1) is 11.8 Å². The maximum absolute atomic E-state index is 5.67. The molecule has 0 aliphatic rings. The predicted molar refractivity (Wildman–Crippen MR) is 91.0 cm³/mol. The molecule has 102 valence electrons. The molecule has 0 bridgehead atoms. The fraction of sp³-hybridized carbons (Fsp3) is 0.111. The maximum Gasteiger partial charge on any atom is 0.0314 e. The molecule has 0 saturated carbocycles. The topological polar surface area (TPSA) is 26.0 Å². The molecular formula is C18H19NS. The molecule has 0 saturated heterocycles. The van der Waals surface area contributed by atoms with E-state index in [-0.39, 0.29) is 0 Å². The van der Waals surface area contributed by atoms with Crippen LogP contribution in [0, 0.1) is 0 Å². The van der Waals surface area contributed by atoms with Crippen molar-refractivity contribution in [2.75, 3.05) is 11.5 Å². The molecule has 0 aliphatic carbocycles. The largest absolute Gasteiger partial charge is 0.399 e. The quantitative estimate of drug-likeness (QED) is 0.467. The Bertz CT molecular complexity index is 582. The molecule has 0 radical (unpaired) electrons. The van der Waals surface area contributed by atoms with Crippen molar-refractivity contribution in [2.24, 2.45) is 0 Å². The Kier molecular flexibility index (Phi) is 5.08. The molecule has 0 amide bonds. The molecule has 0 atom stereocenters. The molecule has 1 nitrogen and oxygen atoms in total. The van der Waals surface area contributed by atoms with E-state index in [9.17, 15) is 0 Å². The Hall–Kier alpha value is -1.93. The lowest BCUT2D eigenvalue weighted by Gasteiger charge is -2.05. The van der Waals surface area contributed by atoms with Crippen molar-refractivity contribution in [1.29, 1.82) is 0 Å². The van der Waals surface area contributed by atoms with Gasteiger partial charge in [0.15, 0.2) is 0 Å². The third kappa shape index (κ3) is 4.04. The van der Waals surface area contributed by atoms with Gasteiger partial charge in [-0.3, -0.25) is 0 Å². The van der Waals surface area contributed by atoms with E-state index in [0.717, 1.165) is 29.0 Å². The minimum atomic E-state index is 0.812. The van der Waals surface area contributed by atoms with Crippen LogP contribution in [0.4, 0.5) is 5.69 Å². The summed E-state index contributed by atoms with van der Waals surface area (Å²) in [4.78, 5) is 1.26. The maximum atomic E-state index is 5.67. The molecule has 0 spiro atoms. The first-order valence-electron chi connectivity index (χ1n) is 6.58. The van der Waals surface area contributed by atoms with Crippen LogP contribution in [0.2, 0.25) is 0 Å². The van der Waals surface area contributed by atoms with Crippen molar-refractivity contribution in [2.45, 2.75) is 11.3 Å². The van der Waals surface area contributed by atoms with Crippen LogP contribution in [0.15, 0.2) is 72.7 Å². The van der Waals surface area contributed by atoms with E-state index in [4.69, 9.17) is 5.73 Å². The van der Waals surface area contributed by atoms with Gasteiger partial charge in [-0.2, -0.15) is 0 Å². The first kappa shape index (κ1) is 14.5. The smallest absolute Gasteiger partial charge is 0.0314 e. The van der Waals surface area contributed by atoms with Crippen LogP contribution in [-0.2, 0) is 6.42 Å². The molecule has 0 aliphatic heterocycles. The van der Waals surface area contributed by atoms with Crippen molar-refractivity contribution in [3.63, 3.8) is 0 Å². The zero-order chi connectivity index (χ0) is 14.4. The number of anilines is 1. The number of thioether (sulfide) groups is 1. The summed E-state index contributed by atoms with van der Waals surface area (Å²) in [6.45, 7) is 7.69. The highest BCUT2D eigenvalue weighted by Gasteiger charge is 1.98. The van der Waals surface area contributed by atoms with E-state index in [1.807, 2.05) is 23.9 Å². The second-order valence-corrected chi connectivity index (χ2v) is 5.76. The molecule has 2 heteroatoms. The molecule has 2 aromatic rings. The van der Waals surface area contributed by atoms with Crippen LogP contribution in [0.5, 0.6) is 0 Å².